The van der Waals surface area contributed by atoms with Crippen LogP contribution in [0.4, 0.5) is 0 Å². The van der Waals surface area contributed by atoms with Crippen molar-refractivity contribution >= 4 is 8.32 Å². The summed E-state index contributed by atoms with van der Waals surface area (Å²) >= 11 is 0. The Morgan fingerprint density at radius 1 is 0.947 bits per heavy atom. The first kappa shape index (κ1) is 16.5. The maximum atomic E-state index is 6.55. The van der Waals surface area contributed by atoms with Crippen LogP contribution in [0.25, 0.3) is 0 Å². The van der Waals surface area contributed by atoms with Gasteiger partial charge in [-0.05, 0) is 50.4 Å². The molecule has 19 heavy (non-hydrogen) atoms. The van der Waals surface area contributed by atoms with Crippen molar-refractivity contribution in [1.82, 2.24) is 0 Å². The van der Waals surface area contributed by atoms with Gasteiger partial charge in [-0.25, -0.2) is 0 Å². The van der Waals surface area contributed by atoms with E-state index in [0.29, 0.717) is 0 Å². The standard InChI is InChI=1S/C17H30OSi/c1-16(2,3)19(6,7)18-17(4,5)14-13-15-11-9-8-10-12-15/h8-12H,13-14H2,1-7H3. The molecule has 0 saturated carbocycles. The number of aryl methyl sites for hydroxylation is 1. The Labute approximate surface area is 120 Å². The number of hydrogen-bond acceptors (Lipinski definition) is 1. The van der Waals surface area contributed by atoms with Crippen LogP contribution in [0.2, 0.25) is 18.1 Å². The monoisotopic (exact) mass is 278 g/mol. The summed E-state index contributed by atoms with van der Waals surface area (Å²) in [7, 11) is -1.68. The minimum atomic E-state index is -1.68. The molecule has 0 N–H and O–H groups in total. The van der Waals surface area contributed by atoms with Gasteiger partial charge in [0.15, 0.2) is 8.32 Å². The molecular formula is C17H30OSi. The molecule has 0 aromatic heterocycles. The normalized spacial score (nSPS) is 13.6. The van der Waals surface area contributed by atoms with Crippen molar-refractivity contribution in [2.24, 2.45) is 0 Å². The molecule has 0 spiro atoms. The summed E-state index contributed by atoms with van der Waals surface area (Å²) in [4.78, 5) is 0. The van der Waals surface area contributed by atoms with Crippen molar-refractivity contribution in [3.05, 3.63) is 35.9 Å². The maximum Gasteiger partial charge on any atom is 0.192 e. The molecule has 1 aromatic rings. The summed E-state index contributed by atoms with van der Waals surface area (Å²) in [5.74, 6) is 0. The zero-order valence-electron chi connectivity index (χ0n) is 13.7. The molecule has 1 nitrogen and oxygen atoms in total. The van der Waals surface area contributed by atoms with E-state index in [1.165, 1.54) is 5.56 Å². The van der Waals surface area contributed by atoms with Crippen LogP contribution in [0, 0.1) is 0 Å². The lowest BCUT2D eigenvalue weighted by atomic mass is 9.99. The van der Waals surface area contributed by atoms with Crippen molar-refractivity contribution in [3.8, 4) is 0 Å². The lowest BCUT2D eigenvalue weighted by Gasteiger charge is -2.43. The fraction of sp³-hybridized carbons (Fsp3) is 0.647. The zero-order valence-corrected chi connectivity index (χ0v) is 14.7. The molecule has 0 saturated heterocycles. The predicted molar refractivity (Wildman–Crippen MR) is 87.1 cm³/mol. The van der Waals surface area contributed by atoms with Crippen LogP contribution >= 0.6 is 0 Å². The Morgan fingerprint density at radius 3 is 1.95 bits per heavy atom. The molecule has 0 radical (unpaired) electrons. The van der Waals surface area contributed by atoms with E-state index in [4.69, 9.17) is 4.43 Å². The predicted octanol–water partition coefficient (Wildman–Crippen LogP) is 5.42. The largest absolute Gasteiger partial charge is 0.412 e. The molecule has 0 aliphatic rings. The molecule has 2 heteroatoms. The Kier molecular flexibility index (Phi) is 5.02. The van der Waals surface area contributed by atoms with Gasteiger partial charge in [-0.1, -0.05) is 51.1 Å². The lowest BCUT2D eigenvalue weighted by Crippen LogP contribution is -2.47. The molecular weight excluding hydrogens is 248 g/mol. The highest BCUT2D eigenvalue weighted by molar-refractivity contribution is 6.74. The van der Waals surface area contributed by atoms with Gasteiger partial charge in [0, 0.05) is 0 Å². The van der Waals surface area contributed by atoms with Crippen LogP contribution in [-0.2, 0) is 10.8 Å². The minimum Gasteiger partial charge on any atom is -0.412 e. The summed E-state index contributed by atoms with van der Waals surface area (Å²) in [6.45, 7) is 16.0. The maximum absolute atomic E-state index is 6.55. The second kappa shape index (κ2) is 5.80. The highest BCUT2D eigenvalue weighted by atomic mass is 28.4. The molecule has 0 bridgehead atoms. The molecule has 0 amide bonds. The van der Waals surface area contributed by atoms with Gasteiger partial charge in [0.25, 0.3) is 0 Å². The SMILES string of the molecule is CC(C)(CCc1ccccc1)O[Si](C)(C)C(C)(C)C. The summed E-state index contributed by atoms with van der Waals surface area (Å²) in [5.41, 5.74) is 1.35. The fourth-order valence-electron chi connectivity index (χ4n) is 1.98. The smallest absolute Gasteiger partial charge is 0.192 e. The van der Waals surface area contributed by atoms with Gasteiger partial charge in [-0.3, -0.25) is 0 Å². The number of benzene rings is 1. The van der Waals surface area contributed by atoms with Crippen molar-refractivity contribution in [2.75, 3.05) is 0 Å². The van der Waals surface area contributed by atoms with Gasteiger partial charge in [0.1, 0.15) is 0 Å². The Bertz CT molecular complexity index is 387. The Hall–Kier alpha value is -0.603. The van der Waals surface area contributed by atoms with Crippen LogP contribution < -0.4 is 0 Å². The van der Waals surface area contributed by atoms with E-state index in [2.05, 4.69) is 78.0 Å². The third-order valence-electron chi connectivity index (χ3n) is 4.20. The first-order valence-corrected chi connectivity index (χ1v) is 10.2. The molecule has 0 aliphatic heterocycles. The van der Waals surface area contributed by atoms with Crippen molar-refractivity contribution < 1.29 is 4.43 Å². The first-order chi connectivity index (χ1) is 8.54. The van der Waals surface area contributed by atoms with E-state index < -0.39 is 8.32 Å². The molecule has 0 atom stereocenters. The molecule has 1 aromatic carbocycles. The third-order valence-corrected chi connectivity index (χ3v) is 8.87. The van der Waals surface area contributed by atoms with Crippen LogP contribution in [-0.4, -0.2) is 13.9 Å². The molecule has 0 aliphatic carbocycles. The second-order valence-electron chi connectivity index (χ2n) is 7.61. The summed E-state index contributed by atoms with van der Waals surface area (Å²) < 4.78 is 6.55. The molecule has 0 unspecified atom stereocenters. The third kappa shape index (κ3) is 5.11. The lowest BCUT2D eigenvalue weighted by molar-refractivity contribution is 0.0827. The zero-order chi connectivity index (χ0) is 14.7. The van der Waals surface area contributed by atoms with Crippen LogP contribution in [0.3, 0.4) is 0 Å². The van der Waals surface area contributed by atoms with Gasteiger partial charge < -0.3 is 4.43 Å². The first-order valence-electron chi connectivity index (χ1n) is 7.28. The quantitative estimate of drug-likeness (QED) is 0.653. The molecule has 0 heterocycles. The fourth-order valence-corrected chi connectivity index (χ4v) is 3.77. The average Bonchev–Trinajstić information content (AvgIpc) is 2.25. The van der Waals surface area contributed by atoms with E-state index in [1.54, 1.807) is 0 Å². The Balaban J connectivity index is 2.62. The van der Waals surface area contributed by atoms with Gasteiger partial charge in [0.2, 0.25) is 0 Å². The van der Waals surface area contributed by atoms with Crippen molar-refractivity contribution in [2.45, 2.75) is 71.2 Å². The number of hydrogen-bond donors (Lipinski definition) is 0. The van der Waals surface area contributed by atoms with Crippen LogP contribution in [0.15, 0.2) is 30.3 Å². The van der Waals surface area contributed by atoms with E-state index >= 15 is 0 Å². The van der Waals surface area contributed by atoms with Crippen molar-refractivity contribution in [3.63, 3.8) is 0 Å². The average molecular weight is 279 g/mol. The Morgan fingerprint density at radius 2 is 1.47 bits per heavy atom. The van der Waals surface area contributed by atoms with Crippen LogP contribution in [0.1, 0.15) is 46.6 Å². The molecule has 1 rings (SSSR count). The van der Waals surface area contributed by atoms with Crippen LogP contribution in [0.5, 0.6) is 0 Å². The van der Waals surface area contributed by atoms with Gasteiger partial charge in [-0.15, -0.1) is 0 Å². The molecule has 108 valence electrons. The topological polar surface area (TPSA) is 9.23 Å². The van der Waals surface area contributed by atoms with Gasteiger partial charge >= 0.3 is 0 Å². The summed E-state index contributed by atoms with van der Waals surface area (Å²) in [5, 5.41) is 0.275. The van der Waals surface area contributed by atoms with E-state index in [9.17, 15) is 0 Å². The highest BCUT2D eigenvalue weighted by Gasteiger charge is 2.41. The van der Waals surface area contributed by atoms with Gasteiger partial charge in [-0.2, -0.15) is 0 Å². The van der Waals surface area contributed by atoms with Gasteiger partial charge in [0.05, 0.1) is 5.60 Å². The highest BCUT2D eigenvalue weighted by Crippen LogP contribution is 2.39. The van der Waals surface area contributed by atoms with E-state index in [-0.39, 0.29) is 10.6 Å². The summed E-state index contributed by atoms with van der Waals surface area (Å²) in [6, 6.07) is 10.7. The summed E-state index contributed by atoms with van der Waals surface area (Å²) in [6.07, 6.45) is 2.16. The van der Waals surface area contributed by atoms with Crippen molar-refractivity contribution in [1.29, 1.82) is 0 Å². The number of rotatable bonds is 5. The molecule has 0 fully saturated rings. The van der Waals surface area contributed by atoms with E-state index in [0.717, 1.165) is 12.8 Å². The minimum absolute atomic E-state index is 0.0428. The van der Waals surface area contributed by atoms with E-state index in [1.807, 2.05) is 0 Å². The second-order valence-corrected chi connectivity index (χ2v) is 12.3.